The highest BCUT2D eigenvalue weighted by Gasteiger charge is 2.46. The Morgan fingerprint density at radius 3 is 1.19 bits per heavy atom. The fourth-order valence-corrected chi connectivity index (χ4v) is 4.91. The number of piperazine rings is 3. The van der Waals surface area contributed by atoms with Crippen molar-refractivity contribution in [2.24, 2.45) is 11.5 Å². The Morgan fingerprint density at radius 1 is 0.688 bits per heavy atom. The van der Waals surface area contributed by atoms with Crippen molar-refractivity contribution in [2.45, 2.75) is 0 Å². The molecule has 0 radical (unpaired) electrons. The van der Waals surface area contributed by atoms with Crippen LogP contribution in [-0.4, -0.2) is 107 Å². The van der Waals surface area contributed by atoms with Crippen LogP contribution in [0.1, 0.15) is 0 Å². The predicted octanol–water partition coefficient (Wildman–Crippen LogP) is -1.88. The minimum absolute atomic E-state index is 0.0657. The molecule has 0 amide bonds. The maximum atomic E-state index is 11.0. The van der Waals surface area contributed by atoms with E-state index in [0.717, 1.165) is 61.3 Å². The molecular formula is C18H28N10O4+2. The molecule has 3 aliphatic heterocycles. The van der Waals surface area contributed by atoms with Crippen LogP contribution in [0.3, 0.4) is 0 Å². The fourth-order valence-electron chi connectivity index (χ4n) is 4.91. The number of allylic oxidation sites excluding steroid dienone is 2. The zero-order valence-corrected chi connectivity index (χ0v) is 17.9. The first kappa shape index (κ1) is 23.1. The summed E-state index contributed by atoms with van der Waals surface area (Å²) >= 11 is 0. The number of rotatable bonds is 4. The summed E-state index contributed by atoms with van der Waals surface area (Å²) in [4.78, 5) is 23.9. The number of nitriles is 2. The average molecular weight is 448 g/mol. The van der Waals surface area contributed by atoms with Crippen molar-refractivity contribution >= 4 is 0 Å². The maximum absolute atomic E-state index is 11.0. The minimum atomic E-state index is -0.740. The fraction of sp³-hybridized carbons (Fsp3) is 0.667. The Labute approximate surface area is 185 Å². The van der Waals surface area contributed by atoms with Crippen LogP contribution in [0.15, 0.2) is 23.0 Å². The Morgan fingerprint density at radius 2 is 0.969 bits per heavy atom. The highest BCUT2D eigenvalue weighted by molar-refractivity contribution is 5.18. The summed E-state index contributed by atoms with van der Waals surface area (Å²) in [5.41, 5.74) is 10.5. The molecule has 14 heteroatoms. The first-order valence-corrected chi connectivity index (χ1v) is 10.4. The number of nitrogens with zero attached hydrogens (tertiary/aromatic N) is 8. The normalized spacial score (nSPS) is 23.6. The van der Waals surface area contributed by atoms with Crippen molar-refractivity contribution in [1.82, 2.24) is 9.80 Å². The molecule has 0 aromatic rings. The van der Waals surface area contributed by atoms with Gasteiger partial charge in [-0.25, -0.2) is 0 Å². The maximum Gasteiger partial charge on any atom is 0.385 e. The van der Waals surface area contributed by atoms with E-state index in [-0.39, 0.29) is 11.6 Å². The second-order valence-corrected chi connectivity index (χ2v) is 8.65. The quantitative estimate of drug-likeness (QED) is 0.213. The lowest BCUT2D eigenvalue weighted by Crippen LogP contribution is -2.73. The third kappa shape index (κ3) is 4.37. The van der Waals surface area contributed by atoms with Crippen molar-refractivity contribution in [2.75, 3.05) is 78.5 Å². The monoisotopic (exact) mass is 448 g/mol. The van der Waals surface area contributed by atoms with Crippen LogP contribution in [0.2, 0.25) is 0 Å². The molecule has 3 saturated heterocycles. The van der Waals surface area contributed by atoms with Crippen molar-refractivity contribution in [3.63, 3.8) is 0 Å². The number of nitro groups is 2. The van der Waals surface area contributed by atoms with Crippen LogP contribution < -0.4 is 11.5 Å². The van der Waals surface area contributed by atoms with E-state index in [1.807, 2.05) is 0 Å². The topological polar surface area (TPSA) is 192 Å². The standard InChI is InChI=1S/C18H28N10O4/c19-13-15(25(29)30)17(21)23-1-5-27(6-2-23)9-11-28(12-10-27)7-3-24(4-8-28)18(22)16(14-20)26(31)32/h1-12,21-22H2/q+2/b17-15-,18-16-. The molecule has 0 aromatic heterocycles. The number of nitrogens with two attached hydrogens (primary N) is 2. The number of hydrogen-bond donors (Lipinski definition) is 2. The second kappa shape index (κ2) is 8.86. The van der Waals surface area contributed by atoms with Gasteiger partial charge >= 0.3 is 11.4 Å². The summed E-state index contributed by atoms with van der Waals surface area (Å²) in [5.74, 6) is -0.131. The highest BCUT2D eigenvalue weighted by Crippen LogP contribution is 2.25. The lowest BCUT2D eigenvalue weighted by Gasteiger charge is -2.54. The zero-order valence-electron chi connectivity index (χ0n) is 17.9. The smallest absolute Gasteiger partial charge is 0.379 e. The number of hydrogen-bond acceptors (Lipinski definition) is 10. The summed E-state index contributed by atoms with van der Waals surface area (Å²) in [6, 6.07) is 3.14. The molecule has 3 aliphatic rings. The van der Waals surface area contributed by atoms with E-state index in [0.29, 0.717) is 26.2 Å². The van der Waals surface area contributed by atoms with Crippen molar-refractivity contribution in [3.05, 3.63) is 43.3 Å². The van der Waals surface area contributed by atoms with E-state index in [1.165, 1.54) is 0 Å². The van der Waals surface area contributed by atoms with Gasteiger partial charge in [0.25, 0.3) is 0 Å². The molecule has 0 unspecified atom stereocenters. The van der Waals surface area contributed by atoms with Crippen LogP contribution in [0.25, 0.3) is 0 Å². The Bertz CT molecular complexity index is 842. The summed E-state index contributed by atoms with van der Waals surface area (Å²) < 4.78 is 1.85. The molecule has 0 bridgehead atoms. The molecule has 0 aromatic carbocycles. The first-order valence-electron chi connectivity index (χ1n) is 10.4. The van der Waals surface area contributed by atoms with E-state index in [2.05, 4.69) is 0 Å². The molecule has 4 N–H and O–H groups in total. The molecule has 0 saturated carbocycles. The summed E-state index contributed by atoms with van der Waals surface area (Å²) in [6.07, 6.45) is 0. The third-order valence-corrected chi connectivity index (χ3v) is 7.22. The third-order valence-electron chi connectivity index (χ3n) is 7.22. The largest absolute Gasteiger partial charge is 0.385 e. The molecule has 2 spiro atoms. The van der Waals surface area contributed by atoms with Gasteiger partial charge in [-0.2, -0.15) is 10.5 Å². The molecule has 3 fully saturated rings. The van der Waals surface area contributed by atoms with E-state index in [1.54, 1.807) is 21.9 Å². The van der Waals surface area contributed by atoms with E-state index in [9.17, 15) is 20.2 Å². The van der Waals surface area contributed by atoms with Gasteiger partial charge in [-0.05, 0) is 0 Å². The highest BCUT2D eigenvalue weighted by atomic mass is 16.6. The van der Waals surface area contributed by atoms with E-state index in [4.69, 9.17) is 22.0 Å². The van der Waals surface area contributed by atoms with Crippen molar-refractivity contribution < 1.29 is 18.8 Å². The summed E-state index contributed by atoms with van der Waals surface area (Å²) in [7, 11) is 0. The first-order chi connectivity index (χ1) is 15.2. The summed E-state index contributed by atoms with van der Waals surface area (Å²) in [6.45, 7) is 9.41. The summed E-state index contributed by atoms with van der Waals surface area (Å²) in [5, 5.41) is 39.9. The molecule has 172 valence electrons. The lowest BCUT2D eigenvalue weighted by atomic mass is 10.1. The van der Waals surface area contributed by atoms with Crippen LogP contribution in [0.4, 0.5) is 0 Å². The van der Waals surface area contributed by atoms with E-state index >= 15 is 0 Å². The SMILES string of the molecule is N#C/C(=C(\N)N1CC[N+]2(CC1)CC[N+]1(CCN(/C(N)=C(/C#N)[N+](=O)[O-])CC1)CC2)[N+](=O)[O-]. The van der Waals surface area contributed by atoms with Crippen LogP contribution in [-0.2, 0) is 0 Å². The minimum Gasteiger partial charge on any atom is -0.379 e. The van der Waals surface area contributed by atoms with Gasteiger partial charge in [0.2, 0.25) is 0 Å². The van der Waals surface area contributed by atoms with Gasteiger partial charge in [0.05, 0.1) is 62.2 Å². The average Bonchev–Trinajstić information content (AvgIpc) is 2.77. The van der Waals surface area contributed by atoms with Crippen LogP contribution in [0.5, 0.6) is 0 Å². The van der Waals surface area contributed by atoms with Gasteiger partial charge in [0.15, 0.2) is 23.8 Å². The van der Waals surface area contributed by atoms with Gasteiger partial charge in [0.1, 0.15) is 26.2 Å². The molecule has 3 rings (SSSR count). The van der Waals surface area contributed by atoms with Gasteiger partial charge in [-0.15, -0.1) is 0 Å². The Balaban J connectivity index is 1.57. The van der Waals surface area contributed by atoms with Crippen molar-refractivity contribution in [3.8, 4) is 12.1 Å². The predicted molar refractivity (Wildman–Crippen MR) is 110 cm³/mol. The van der Waals surface area contributed by atoms with Gasteiger partial charge in [-0.1, -0.05) is 0 Å². The molecule has 0 aliphatic carbocycles. The molecule has 32 heavy (non-hydrogen) atoms. The number of quaternary nitrogens is 2. The van der Waals surface area contributed by atoms with Gasteiger partial charge in [0, 0.05) is 0 Å². The molecule has 0 atom stereocenters. The lowest BCUT2D eigenvalue weighted by molar-refractivity contribution is -1.03. The van der Waals surface area contributed by atoms with Crippen molar-refractivity contribution in [1.29, 1.82) is 10.5 Å². The second-order valence-electron chi connectivity index (χ2n) is 8.65. The molecular weight excluding hydrogens is 420 g/mol. The molecule has 14 nitrogen and oxygen atoms in total. The van der Waals surface area contributed by atoms with Gasteiger partial charge < -0.3 is 30.2 Å². The van der Waals surface area contributed by atoms with Crippen LogP contribution >= 0.6 is 0 Å². The Hall–Kier alpha value is -3.62. The Kier molecular flexibility index (Phi) is 6.38. The molecule has 3 heterocycles. The van der Waals surface area contributed by atoms with Crippen LogP contribution in [0, 0.1) is 42.9 Å². The zero-order chi connectivity index (χ0) is 23.5. The van der Waals surface area contributed by atoms with E-state index < -0.39 is 21.2 Å². The van der Waals surface area contributed by atoms with Gasteiger partial charge in [-0.3, -0.25) is 20.2 Å².